The van der Waals surface area contributed by atoms with Gasteiger partial charge in [-0.3, -0.25) is 9.36 Å². The molecule has 1 aromatic carbocycles. The first-order valence-corrected chi connectivity index (χ1v) is 10.9. The second-order valence-electron chi connectivity index (χ2n) is 7.58. The standard InChI is InChI=1S/C20H26FN5OS/c1-3-24-10-12-25(13-11-24)19(27)14(2)28-20-23-22-18(26(20)15-8-9-15)16-6-4-5-7-17(16)21/h4-7,14-15H,3,8-13H2,1-2H3/p+1/t14-/m0/s1. The zero-order valence-corrected chi connectivity index (χ0v) is 17.2. The van der Waals surface area contributed by atoms with Gasteiger partial charge in [-0.15, -0.1) is 10.2 Å². The summed E-state index contributed by atoms with van der Waals surface area (Å²) in [6, 6.07) is 6.95. The molecule has 6 nitrogen and oxygen atoms in total. The van der Waals surface area contributed by atoms with Crippen molar-refractivity contribution in [3.63, 3.8) is 0 Å². The number of amides is 1. The maximum absolute atomic E-state index is 14.3. The molecule has 4 rings (SSSR count). The number of benzene rings is 1. The van der Waals surface area contributed by atoms with Crippen molar-refractivity contribution in [3.05, 3.63) is 30.1 Å². The molecule has 1 atom stereocenters. The molecule has 1 aliphatic heterocycles. The van der Waals surface area contributed by atoms with E-state index in [1.165, 1.54) is 17.8 Å². The molecular formula is C20H27FN5OS+. The highest BCUT2D eigenvalue weighted by Gasteiger charge is 2.33. The number of hydrogen-bond donors (Lipinski definition) is 1. The molecule has 28 heavy (non-hydrogen) atoms. The highest BCUT2D eigenvalue weighted by molar-refractivity contribution is 8.00. The number of quaternary nitrogens is 1. The van der Waals surface area contributed by atoms with E-state index in [4.69, 9.17) is 0 Å². The van der Waals surface area contributed by atoms with Gasteiger partial charge < -0.3 is 9.80 Å². The molecule has 2 aromatic rings. The summed E-state index contributed by atoms with van der Waals surface area (Å²) in [5.74, 6) is 0.412. The highest BCUT2D eigenvalue weighted by atomic mass is 32.2. The number of nitrogens with one attached hydrogen (secondary N) is 1. The third kappa shape index (κ3) is 3.93. The molecule has 1 saturated carbocycles. The molecule has 1 saturated heterocycles. The van der Waals surface area contributed by atoms with E-state index in [0.717, 1.165) is 45.6 Å². The number of piperazine rings is 1. The molecule has 1 N–H and O–H groups in total. The minimum Gasteiger partial charge on any atom is -0.332 e. The van der Waals surface area contributed by atoms with Crippen LogP contribution in [-0.2, 0) is 4.79 Å². The van der Waals surface area contributed by atoms with Crippen LogP contribution in [0.1, 0.15) is 32.7 Å². The molecule has 8 heteroatoms. The molecule has 150 valence electrons. The number of carbonyl (C=O) groups is 1. The van der Waals surface area contributed by atoms with Crippen LogP contribution in [0.2, 0.25) is 0 Å². The zero-order valence-electron chi connectivity index (χ0n) is 16.4. The Bertz CT molecular complexity index is 845. The Hall–Kier alpha value is -1.93. The molecule has 0 spiro atoms. The molecular weight excluding hydrogens is 377 g/mol. The molecule has 0 unspecified atom stereocenters. The number of hydrogen-bond acceptors (Lipinski definition) is 4. The first-order valence-electron chi connectivity index (χ1n) is 10.1. The van der Waals surface area contributed by atoms with Gasteiger partial charge in [0.25, 0.3) is 0 Å². The van der Waals surface area contributed by atoms with Gasteiger partial charge >= 0.3 is 0 Å². The topological polar surface area (TPSA) is 55.5 Å². The Balaban J connectivity index is 1.51. The molecule has 2 aliphatic rings. The van der Waals surface area contributed by atoms with Gasteiger partial charge in [-0.1, -0.05) is 23.9 Å². The summed E-state index contributed by atoms with van der Waals surface area (Å²) in [7, 11) is 0. The fourth-order valence-corrected chi connectivity index (χ4v) is 4.71. The number of rotatable bonds is 6. The summed E-state index contributed by atoms with van der Waals surface area (Å²) in [6.07, 6.45) is 2.08. The van der Waals surface area contributed by atoms with Crippen molar-refractivity contribution >= 4 is 17.7 Å². The lowest BCUT2D eigenvalue weighted by Gasteiger charge is -2.32. The fourth-order valence-electron chi connectivity index (χ4n) is 3.71. The SMILES string of the molecule is CC[NH+]1CCN(C(=O)[C@H](C)Sc2nnc(-c3ccccc3F)n2C2CC2)CC1. The second-order valence-corrected chi connectivity index (χ2v) is 8.88. The van der Waals surface area contributed by atoms with Crippen molar-refractivity contribution in [2.24, 2.45) is 0 Å². The van der Waals surface area contributed by atoms with Gasteiger partial charge in [-0.2, -0.15) is 0 Å². The average Bonchev–Trinajstić information content (AvgIpc) is 3.48. The van der Waals surface area contributed by atoms with E-state index >= 15 is 0 Å². The first kappa shape index (κ1) is 19.4. The monoisotopic (exact) mass is 404 g/mol. The molecule has 0 radical (unpaired) electrons. The number of carbonyl (C=O) groups excluding carboxylic acids is 1. The molecule has 1 amide bonds. The second kappa shape index (κ2) is 8.21. The van der Waals surface area contributed by atoms with E-state index in [0.29, 0.717) is 22.6 Å². The quantitative estimate of drug-likeness (QED) is 0.744. The highest BCUT2D eigenvalue weighted by Crippen LogP contribution is 2.42. The lowest BCUT2D eigenvalue weighted by Crippen LogP contribution is -3.14. The van der Waals surface area contributed by atoms with Crippen LogP contribution in [-0.4, -0.2) is 63.5 Å². The molecule has 0 bridgehead atoms. The fraction of sp³-hybridized carbons (Fsp3) is 0.550. The maximum atomic E-state index is 14.3. The van der Waals surface area contributed by atoms with Crippen LogP contribution in [0, 0.1) is 5.82 Å². The summed E-state index contributed by atoms with van der Waals surface area (Å²) in [5.41, 5.74) is 0.464. The Morgan fingerprint density at radius 2 is 2.00 bits per heavy atom. The van der Waals surface area contributed by atoms with Crippen LogP contribution < -0.4 is 4.90 Å². The van der Waals surface area contributed by atoms with E-state index in [1.807, 2.05) is 16.4 Å². The smallest absolute Gasteiger partial charge is 0.236 e. The number of aromatic nitrogens is 3. The van der Waals surface area contributed by atoms with Gasteiger partial charge in [0.2, 0.25) is 5.91 Å². The van der Waals surface area contributed by atoms with E-state index < -0.39 is 0 Å². The van der Waals surface area contributed by atoms with E-state index in [2.05, 4.69) is 17.1 Å². The van der Waals surface area contributed by atoms with Gasteiger partial charge in [0.05, 0.1) is 43.5 Å². The number of thioether (sulfide) groups is 1. The van der Waals surface area contributed by atoms with E-state index in [1.54, 1.807) is 23.1 Å². The number of halogens is 1. The van der Waals surface area contributed by atoms with Gasteiger partial charge in [-0.05, 0) is 38.8 Å². The van der Waals surface area contributed by atoms with Crippen LogP contribution in [0.3, 0.4) is 0 Å². The van der Waals surface area contributed by atoms with E-state index in [-0.39, 0.29) is 17.0 Å². The van der Waals surface area contributed by atoms with Crippen LogP contribution in [0.15, 0.2) is 29.4 Å². The average molecular weight is 405 g/mol. The van der Waals surface area contributed by atoms with Gasteiger partial charge in [0.1, 0.15) is 5.82 Å². The first-order chi connectivity index (χ1) is 13.6. The molecule has 2 fully saturated rings. The molecule has 1 aromatic heterocycles. The predicted octanol–water partition coefficient (Wildman–Crippen LogP) is 1.65. The normalized spacial score (nSPS) is 19.0. The predicted molar refractivity (Wildman–Crippen MR) is 107 cm³/mol. The van der Waals surface area contributed by atoms with Crippen molar-refractivity contribution in [1.82, 2.24) is 19.7 Å². The van der Waals surface area contributed by atoms with E-state index in [9.17, 15) is 9.18 Å². The van der Waals surface area contributed by atoms with Crippen molar-refractivity contribution in [2.45, 2.75) is 43.1 Å². The Labute approximate surface area is 169 Å². The van der Waals surface area contributed by atoms with Crippen LogP contribution >= 0.6 is 11.8 Å². The van der Waals surface area contributed by atoms with Crippen LogP contribution in [0.25, 0.3) is 11.4 Å². The Morgan fingerprint density at radius 1 is 1.29 bits per heavy atom. The van der Waals surface area contributed by atoms with Gasteiger partial charge in [-0.25, -0.2) is 4.39 Å². The minimum absolute atomic E-state index is 0.151. The maximum Gasteiger partial charge on any atom is 0.236 e. The van der Waals surface area contributed by atoms with Crippen molar-refractivity contribution in [3.8, 4) is 11.4 Å². The third-order valence-electron chi connectivity index (χ3n) is 5.60. The number of nitrogens with zero attached hydrogens (tertiary/aromatic N) is 4. The summed E-state index contributed by atoms with van der Waals surface area (Å²) in [6.45, 7) is 8.86. The van der Waals surface area contributed by atoms with Crippen LogP contribution in [0.4, 0.5) is 4.39 Å². The summed E-state index contributed by atoms with van der Waals surface area (Å²) in [4.78, 5) is 16.4. The summed E-state index contributed by atoms with van der Waals surface area (Å²) >= 11 is 1.44. The third-order valence-corrected chi connectivity index (χ3v) is 6.65. The van der Waals surface area contributed by atoms with Gasteiger partial charge in [0.15, 0.2) is 11.0 Å². The van der Waals surface area contributed by atoms with Crippen LogP contribution in [0.5, 0.6) is 0 Å². The van der Waals surface area contributed by atoms with Crippen molar-refractivity contribution < 1.29 is 14.1 Å². The minimum atomic E-state index is -0.297. The summed E-state index contributed by atoms with van der Waals surface area (Å²) in [5, 5.41) is 9.07. The number of likely N-dealkylation sites (N-methyl/N-ethyl adjacent to an activating group) is 1. The lowest BCUT2D eigenvalue weighted by atomic mass is 10.2. The largest absolute Gasteiger partial charge is 0.332 e. The van der Waals surface area contributed by atoms with Gasteiger partial charge in [0, 0.05) is 6.04 Å². The van der Waals surface area contributed by atoms with Crippen molar-refractivity contribution in [1.29, 1.82) is 0 Å². The summed E-state index contributed by atoms with van der Waals surface area (Å²) < 4.78 is 16.3. The van der Waals surface area contributed by atoms with Crippen molar-refractivity contribution in [2.75, 3.05) is 32.7 Å². The molecule has 2 heterocycles. The Kier molecular flexibility index (Phi) is 5.68. The Morgan fingerprint density at radius 3 is 2.64 bits per heavy atom. The zero-order chi connectivity index (χ0) is 19.7. The molecule has 1 aliphatic carbocycles. The lowest BCUT2D eigenvalue weighted by molar-refractivity contribution is -0.902.